The molecule has 1 N–H and O–H groups in total. The quantitative estimate of drug-likeness (QED) is 0.753. The van der Waals surface area contributed by atoms with Crippen molar-refractivity contribution in [1.29, 1.82) is 0 Å². The number of rotatable bonds is 7. The van der Waals surface area contributed by atoms with Crippen molar-refractivity contribution in [2.45, 2.75) is 38.5 Å². The SMILES string of the molecule is CC(C)NCCCc1nnc(CS(C)(=O)=O)s1. The first-order valence-electron chi connectivity index (χ1n) is 5.59. The second-order valence-corrected chi connectivity index (χ2v) is 7.66. The highest BCUT2D eigenvalue weighted by atomic mass is 32.2. The van der Waals surface area contributed by atoms with Gasteiger partial charge in [0, 0.05) is 18.7 Å². The van der Waals surface area contributed by atoms with Gasteiger partial charge in [-0.25, -0.2) is 8.42 Å². The second kappa shape index (κ2) is 6.42. The molecule has 17 heavy (non-hydrogen) atoms. The number of aromatic nitrogens is 2. The Kier molecular flexibility index (Phi) is 5.48. The lowest BCUT2D eigenvalue weighted by atomic mass is 10.3. The summed E-state index contributed by atoms with van der Waals surface area (Å²) in [6.45, 7) is 5.16. The molecule has 0 spiro atoms. The summed E-state index contributed by atoms with van der Waals surface area (Å²) in [7, 11) is -3.00. The summed E-state index contributed by atoms with van der Waals surface area (Å²) in [4.78, 5) is 0. The average molecular weight is 277 g/mol. The maximum atomic E-state index is 11.1. The molecule has 0 bridgehead atoms. The van der Waals surface area contributed by atoms with Gasteiger partial charge in [0.25, 0.3) is 0 Å². The molecule has 7 heteroatoms. The topological polar surface area (TPSA) is 72.0 Å². The standard InChI is InChI=1S/C10H19N3O2S2/c1-8(2)11-6-4-5-9-12-13-10(16-9)7-17(3,14)15/h8,11H,4-7H2,1-3H3. The first kappa shape index (κ1) is 14.5. The Morgan fingerprint density at radius 3 is 2.53 bits per heavy atom. The predicted molar refractivity (Wildman–Crippen MR) is 69.9 cm³/mol. The summed E-state index contributed by atoms with van der Waals surface area (Å²) in [6.07, 6.45) is 3.05. The Balaban J connectivity index is 2.36. The lowest BCUT2D eigenvalue weighted by Gasteiger charge is -2.05. The van der Waals surface area contributed by atoms with Crippen molar-refractivity contribution in [3.8, 4) is 0 Å². The van der Waals surface area contributed by atoms with Gasteiger partial charge in [-0.05, 0) is 13.0 Å². The van der Waals surface area contributed by atoms with Gasteiger partial charge in [-0.1, -0.05) is 13.8 Å². The average Bonchev–Trinajstić information content (AvgIpc) is 2.57. The zero-order chi connectivity index (χ0) is 12.9. The minimum absolute atomic E-state index is 0.00505. The van der Waals surface area contributed by atoms with Crippen LogP contribution in [-0.2, 0) is 22.0 Å². The molecule has 0 unspecified atom stereocenters. The molecule has 1 aromatic rings. The van der Waals surface area contributed by atoms with E-state index in [1.165, 1.54) is 17.6 Å². The Morgan fingerprint density at radius 2 is 1.94 bits per heavy atom. The number of nitrogens with zero attached hydrogens (tertiary/aromatic N) is 2. The van der Waals surface area contributed by atoms with Crippen LogP contribution in [0.15, 0.2) is 0 Å². The minimum Gasteiger partial charge on any atom is -0.315 e. The van der Waals surface area contributed by atoms with E-state index in [0.717, 1.165) is 24.4 Å². The van der Waals surface area contributed by atoms with Crippen molar-refractivity contribution in [2.24, 2.45) is 0 Å². The minimum atomic E-state index is -3.00. The molecule has 0 aliphatic heterocycles. The van der Waals surface area contributed by atoms with Crippen LogP contribution in [0.3, 0.4) is 0 Å². The molecule has 5 nitrogen and oxygen atoms in total. The number of hydrogen-bond acceptors (Lipinski definition) is 6. The molecule has 0 aromatic carbocycles. The zero-order valence-electron chi connectivity index (χ0n) is 10.4. The van der Waals surface area contributed by atoms with Gasteiger partial charge >= 0.3 is 0 Å². The predicted octanol–water partition coefficient (Wildman–Crippen LogP) is 1.01. The molecule has 1 rings (SSSR count). The fourth-order valence-corrected chi connectivity index (χ4v) is 3.37. The molecule has 0 radical (unpaired) electrons. The van der Waals surface area contributed by atoms with Crippen molar-refractivity contribution < 1.29 is 8.42 Å². The Labute approximate surface area is 107 Å². The summed E-state index contributed by atoms with van der Waals surface area (Å²) in [6, 6.07) is 0.491. The van der Waals surface area contributed by atoms with E-state index >= 15 is 0 Å². The van der Waals surface area contributed by atoms with Gasteiger partial charge in [0.05, 0.1) is 0 Å². The number of nitrogens with one attached hydrogen (secondary N) is 1. The van der Waals surface area contributed by atoms with Crippen molar-refractivity contribution in [3.05, 3.63) is 10.0 Å². The van der Waals surface area contributed by atoms with E-state index in [2.05, 4.69) is 29.4 Å². The van der Waals surface area contributed by atoms with Gasteiger partial charge < -0.3 is 5.32 Å². The summed E-state index contributed by atoms with van der Waals surface area (Å²) < 4.78 is 22.1. The van der Waals surface area contributed by atoms with Gasteiger partial charge in [0.2, 0.25) is 0 Å². The molecule has 0 aliphatic carbocycles. The molecule has 0 saturated heterocycles. The molecule has 0 saturated carbocycles. The molecule has 0 atom stereocenters. The van der Waals surface area contributed by atoms with Crippen LogP contribution < -0.4 is 5.32 Å². The highest BCUT2D eigenvalue weighted by molar-refractivity contribution is 7.90. The van der Waals surface area contributed by atoms with Gasteiger partial charge in [-0.2, -0.15) is 0 Å². The number of aryl methyl sites for hydroxylation is 1. The lowest BCUT2D eigenvalue weighted by molar-refractivity contribution is 0.569. The van der Waals surface area contributed by atoms with Crippen molar-refractivity contribution in [1.82, 2.24) is 15.5 Å². The summed E-state index contributed by atoms with van der Waals surface area (Å²) >= 11 is 1.39. The third-order valence-corrected chi connectivity index (χ3v) is 3.98. The van der Waals surface area contributed by atoms with E-state index < -0.39 is 9.84 Å². The summed E-state index contributed by atoms with van der Waals surface area (Å²) in [5.41, 5.74) is 0. The van der Waals surface area contributed by atoms with E-state index in [1.54, 1.807) is 0 Å². The summed E-state index contributed by atoms with van der Waals surface area (Å²) in [5.74, 6) is -0.00505. The van der Waals surface area contributed by atoms with Crippen LogP contribution in [0, 0.1) is 0 Å². The largest absolute Gasteiger partial charge is 0.315 e. The maximum absolute atomic E-state index is 11.1. The molecular weight excluding hydrogens is 258 g/mol. The van der Waals surface area contributed by atoms with Crippen LogP contribution in [0.5, 0.6) is 0 Å². The first-order chi connectivity index (χ1) is 7.87. The molecule has 98 valence electrons. The Morgan fingerprint density at radius 1 is 1.29 bits per heavy atom. The molecular formula is C10H19N3O2S2. The van der Waals surface area contributed by atoms with Gasteiger partial charge in [-0.3, -0.25) is 0 Å². The van der Waals surface area contributed by atoms with Gasteiger partial charge in [0.1, 0.15) is 15.8 Å². The Bertz CT molecular complexity index is 440. The lowest BCUT2D eigenvalue weighted by Crippen LogP contribution is -2.23. The van der Waals surface area contributed by atoms with Crippen LogP contribution in [0.1, 0.15) is 30.3 Å². The van der Waals surface area contributed by atoms with E-state index in [-0.39, 0.29) is 5.75 Å². The van der Waals surface area contributed by atoms with Crippen molar-refractivity contribution >= 4 is 21.2 Å². The maximum Gasteiger partial charge on any atom is 0.154 e. The van der Waals surface area contributed by atoms with Crippen LogP contribution >= 0.6 is 11.3 Å². The van der Waals surface area contributed by atoms with E-state index in [0.29, 0.717) is 11.0 Å². The highest BCUT2D eigenvalue weighted by Crippen LogP contribution is 2.13. The fraction of sp³-hybridized carbons (Fsp3) is 0.800. The normalized spacial score (nSPS) is 12.2. The third kappa shape index (κ3) is 6.70. The van der Waals surface area contributed by atoms with Crippen LogP contribution in [0.25, 0.3) is 0 Å². The number of sulfone groups is 1. The van der Waals surface area contributed by atoms with Gasteiger partial charge in [0.15, 0.2) is 9.84 Å². The van der Waals surface area contributed by atoms with Crippen molar-refractivity contribution in [2.75, 3.05) is 12.8 Å². The third-order valence-electron chi connectivity index (χ3n) is 2.01. The molecule has 1 aromatic heterocycles. The van der Waals surface area contributed by atoms with Crippen LogP contribution in [-0.4, -0.2) is 37.5 Å². The fourth-order valence-electron chi connectivity index (χ4n) is 1.30. The molecule has 1 heterocycles. The van der Waals surface area contributed by atoms with Gasteiger partial charge in [-0.15, -0.1) is 21.5 Å². The highest BCUT2D eigenvalue weighted by Gasteiger charge is 2.10. The van der Waals surface area contributed by atoms with E-state index in [9.17, 15) is 8.42 Å². The molecule has 0 aliphatic rings. The molecule has 0 fully saturated rings. The summed E-state index contributed by atoms with van der Waals surface area (Å²) in [5, 5.41) is 12.7. The second-order valence-electron chi connectivity index (χ2n) is 4.37. The number of hydrogen-bond donors (Lipinski definition) is 1. The van der Waals surface area contributed by atoms with E-state index in [1.807, 2.05) is 0 Å². The van der Waals surface area contributed by atoms with Crippen molar-refractivity contribution in [3.63, 3.8) is 0 Å². The molecule has 0 amide bonds. The van der Waals surface area contributed by atoms with Crippen LogP contribution in [0.4, 0.5) is 0 Å². The Hall–Kier alpha value is -0.530. The zero-order valence-corrected chi connectivity index (χ0v) is 12.1. The first-order valence-corrected chi connectivity index (χ1v) is 8.47. The monoisotopic (exact) mass is 277 g/mol. The van der Waals surface area contributed by atoms with Crippen LogP contribution in [0.2, 0.25) is 0 Å². The smallest absolute Gasteiger partial charge is 0.154 e. The van der Waals surface area contributed by atoms with E-state index in [4.69, 9.17) is 0 Å².